The van der Waals surface area contributed by atoms with Gasteiger partial charge in [0.1, 0.15) is 18.7 Å². The zero-order valence-electron chi connectivity index (χ0n) is 49.1. The van der Waals surface area contributed by atoms with Gasteiger partial charge in [0, 0.05) is 50.9 Å². The fourth-order valence-electron chi connectivity index (χ4n) is 8.82. The number of Topliss-reactive ketones (excluding diaryl/α,β-unsaturated/α-hetero) is 2. The van der Waals surface area contributed by atoms with Gasteiger partial charge in [-0.25, -0.2) is 9.59 Å². The minimum atomic E-state index is -0.823. The first-order valence-electron chi connectivity index (χ1n) is 27.9. The van der Waals surface area contributed by atoms with Crippen molar-refractivity contribution in [2.75, 3.05) is 40.3 Å². The average molecular weight is 1100 g/mol. The van der Waals surface area contributed by atoms with E-state index in [2.05, 4.69) is 21.3 Å². The van der Waals surface area contributed by atoms with E-state index in [0.717, 1.165) is 34.2 Å². The lowest BCUT2D eigenvalue weighted by Gasteiger charge is -2.29. The zero-order chi connectivity index (χ0) is 59.4. The number of urea groups is 2. The lowest BCUT2D eigenvalue weighted by atomic mass is 9.95. The van der Waals surface area contributed by atoms with E-state index in [1.54, 1.807) is 0 Å². The molecule has 0 bridgehead atoms. The van der Waals surface area contributed by atoms with Crippen molar-refractivity contribution in [1.29, 1.82) is 0 Å². The molecule has 6 amide bonds. The summed E-state index contributed by atoms with van der Waals surface area (Å²) in [6.45, 7) is 21.6. The molecule has 0 aliphatic carbocycles. The van der Waals surface area contributed by atoms with Crippen molar-refractivity contribution in [3.63, 3.8) is 0 Å². The zero-order valence-corrected chi connectivity index (χ0v) is 49.1. The lowest BCUT2D eigenvalue weighted by Crippen LogP contribution is -2.45. The molecule has 6 atom stereocenters. The molecule has 3 aromatic carbocycles. The Morgan fingerprint density at radius 3 is 1.22 bits per heavy atom. The van der Waals surface area contributed by atoms with Gasteiger partial charge in [0.05, 0.1) is 12.1 Å². The Labute approximate surface area is 470 Å². The predicted molar refractivity (Wildman–Crippen MR) is 310 cm³/mol. The van der Waals surface area contributed by atoms with E-state index in [0.29, 0.717) is 58.3 Å². The summed E-state index contributed by atoms with van der Waals surface area (Å²) in [5.74, 6) is -1.60. The molecular weight excluding hydrogens is 1000 g/mol. The number of carbonyl (C=O) groups is 8. The molecule has 0 aliphatic rings. The molecule has 0 radical (unpaired) electrons. The van der Waals surface area contributed by atoms with Crippen LogP contribution in [0, 0.1) is 35.5 Å². The van der Waals surface area contributed by atoms with Crippen molar-refractivity contribution in [1.82, 2.24) is 31.1 Å². The number of rotatable bonds is 34. The monoisotopic (exact) mass is 1100 g/mol. The number of nitrogens with zero attached hydrogens (tertiary/aromatic N) is 2. The minimum absolute atomic E-state index is 0.00410. The molecule has 0 unspecified atom stereocenters. The number of carboxylic acids is 1. The van der Waals surface area contributed by atoms with Gasteiger partial charge in [-0.2, -0.15) is 0 Å². The lowest BCUT2D eigenvalue weighted by molar-refractivity contribution is -0.152. The molecule has 0 aromatic heterocycles. The number of hydrogen-bond acceptors (Lipinski definition) is 11. The van der Waals surface area contributed by atoms with Crippen molar-refractivity contribution in [3.8, 4) is 0 Å². The molecule has 0 saturated carbocycles. The van der Waals surface area contributed by atoms with E-state index >= 15 is 0 Å². The van der Waals surface area contributed by atoms with Gasteiger partial charge in [-0.1, -0.05) is 148 Å². The summed E-state index contributed by atoms with van der Waals surface area (Å²) in [4.78, 5) is 102. The number of amides is 6. The molecule has 3 rings (SSSR count). The number of nitrogens with one attached hydrogen (secondary N) is 4. The maximum absolute atomic E-state index is 13.2. The summed E-state index contributed by atoms with van der Waals surface area (Å²) in [5.41, 5.74) is 15.0. The van der Waals surface area contributed by atoms with Gasteiger partial charge in [0.2, 0.25) is 11.8 Å². The fourth-order valence-corrected chi connectivity index (χ4v) is 8.82. The molecule has 3 aromatic rings. The Hall–Kier alpha value is -6.66. The third-order valence-corrected chi connectivity index (χ3v) is 14.4. The van der Waals surface area contributed by atoms with Gasteiger partial charge < -0.3 is 42.6 Å². The molecule has 0 spiro atoms. The topological polar surface area (TPSA) is 273 Å². The van der Waals surface area contributed by atoms with Gasteiger partial charge in [0.15, 0.2) is 11.6 Å². The number of carbonyl (C=O) groups excluding carboxylic acids is 7. The number of hydrogen-bond donors (Lipinski definition) is 7. The van der Waals surface area contributed by atoms with Crippen LogP contribution in [0.1, 0.15) is 123 Å². The Morgan fingerprint density at radius 2 is 0.873 bits per heavy atom. The van der Waals surface area contributed by atoms with Crippen LogP contribution in [0.25, 0.3) is 0 Å². The first-order chi connectivity index (χ1) is 37.2. The van der Waals surface area contributed by atoms with Gasteiger partial charge in [-0.05, 0) is 104 Å². The van der Waals surface area contributed by atoms with Gasteiger partial charge in [-0.3, -0.25) is 38.6 Å². The number of benzene rings is 3. The quantitative estimate of drug-likeness (QED) is 0.0238. The van der Waals surface area contributed by atoms with E-state index in [4.69, 9.17) is 16.2 Å². The molecule has 0 fully saturated rings. The molecule has 18 nitrogen and oxygen atoms in total. The summed E-state index contributed by atoms with van der Waals surface area (Å²) in [7, 11) is 3.76. The number of aliphatic carboxylic acids is 1. The second-order valence-corrected chi connectivity index (χ2v) is 22.2. The van der Waals surface area contributed by atoms with Crippen LogP contribution < -0.4 is 32.7 Å². The third-order valence-electron chi connectivity index (χ3n) is 14.4. The summed E-state index contributed by atoms with van der Waals surface area (Å²) < 4.78 is 5.62. The molecule has 0 heterocycles. The van der Waals surface area contributed by atoms with Crippen LogP contribution in [-0.4, -0.2) is 127 Å². The summed E-state index contributed by atoms with van der Waals surface area (Å²) in [6.07, 6.45) is 3.63. The van der Waals surface area contributed by atoms with Crippen molar-refractivity contribution >= 4 is 47.4 Å². The Bertz CT molecular complexity index is 2360. The SMILES string of the molecule is CC(C)[C@H](C)C(=O)N[C@@H](CCCNC(N)=O)C(=O)Cc1ccc(CCN(C)[C@H](C(=O)O)C(C)C)cc1.CC(C)[C@H](C)C(=O)N[C@@H](CCCNC(N)=O)C(=O)Cc1ccc(CCN(C)[C@H](C(=O)OCc2ccccc2)C(C)C)cc1. The van der Waals surface area contributed by atoms with E-state index in [-0.39, 0.29) is 90.3 Å². The molecule has 79 heavy (non-hydrogen) atoms. The van der Waals surface area contributed by atoms with Crippen molar-refractivity contribution in [2.45, 2.75) is 151 Å². The normalized spacial score (nSPS) is 13.6. The van der Waals surface area contributed by atoms with Crippen LogP contribution in [0.5, 0.6) is 0 Å². The molecule has 0 aliphatic heterocycles. The van der Waals surface area contributed by atoms with Crippen LogP contribution >= 0.6 is 0 Å². The van der Waals surface area contributed by atoms with E-state index in [9.17, 15) is 43.5 Å². The third kappa shape index (κ3) is 26.2. The number of likely N-dealkylation sites (N-methyl/N-ethyl adjacent to an activating group) is 2. The molecule has 18 heteroatoms. The second kappa shape index (κ2) is 35.8. The van der Waals surface area contributed by atoms with E-state index in [1.807, 2.05) is 172 Å². The van der Waals surface area contributed by atoms with Gasteiger partial charge in [0.25, 0.3) is 0 Å². The van der Waals surface area contributed by atoms with Gasteiger partial charge in [-0.15, -0.1) is 0 Å². The largest absolute Gasteiger partial charge is 0.480 e. The van der Waals surface area contributed by atoms with Crippen LogP contribution in [0.2, 0.25) is 0 Å². The maximum Gasteiger partial charge on any atom is 0.323 e. The van der Waals surface area contributed by atoms with Crippen LogP contribution in [0.15, 0.2) is 78.9 Å². The Balaban J connectivity index is 0.000000549. The summed E-state index contributed by atoms with van der Waals surface area (Å²) in [6, 6.07) is 21.8. The van der Waals surface area contributed by atoms with Crippen molar-refractivity contribution < 1.29 is 48.2 Å². The average Bonchev–Trinajstić information content (AvgIpc) is 3.39. The van der Waals surface area contributed by atoms with Crippen LogP contribution in [-0.2, 0) is 65.8 Å². The Kier molecular flexibility index (Phi) is 31.0. The highest BCUT2D eigenvalue weighted by molar-refractivity contribution is 5.92. The number of ether oxygens (including phenoxy) is 1. The second-order valence-electron chi connectivity index (χ2n) is 22.2. The smallest absolute Gasteiger partial charge is 0.323 e. The summed E-state index contributed by atoms with van der Waals surface area (Å²) in [5, 5.41) is 20.3. The Morgan fingerprint density at radius 1 is 0.506 bits per heavy atom. The maximum atomic E-state index is 13.2. The van der Waals surface area contributed by atoms with Crippen LogP contribution in [0.4, 0.5) is 9.59 Å². The van der Waals surface area contributed by atoms with E-state index < -0.39 is 36.2 Å². The number of primary amides is 2. The molecule has 9 N–H and O–H groups in total. The first kappa shape index (κ1) is 68.4. The first-order valence-corrected chi connectivity index (χ1v) is 27.9. The minimum Gasteiger partial charge on any atom is -0.480 e. The predicted octanol–water partition coefficient (Wildman–Crippen LogP) is 6.87. The number of ketones is 2. The van der Waals surface area contributed by atoms with Gasteiger partial charge >= 0.3 is 24.0 Å². The molecular formula is C61H94N8O10. The molecule has 438 valence electrons. The standard InChI is InChI=1S/C34H50N4O5.C27H44N4O5/c1-23(2)25(5)32(40)37-29(13-10-19-36-34(35)42)30(39)21-27-16-14-26(15-17-27)18-20-38(6)31(24(3)4)33(41)43-22-28-11-8-7-9-12-28;1-17(2)19(5)25(33)30-22(8-7-14-29-27(28)36)23(32)16-21-11-9-20(10-12-21)13-15-31(6)24(18(3)4)26(34)35/h7-9,11-12,14-17,23-25,29,31H,10,13,18-22H2,1-6H3,(H,37,40)(H3,35,36,42);9-12,17-19,22,24H,7-8,13-16H2,1-6H3,(H,30,33)(H,34,35)(H3,28,29,36)/t25-,29-,31-;19-,22-,24-/m00/s1. The summed E-state index contributed by atoms with van der Waals surface area (Å²) >= 11 is 0. The highest BCUT2D eigenvalue weighted by Gasteiger charge is 2.30. The van der Waals surface area contributed by atoms with Crippen molar-refractivity contribution in [3.05, 3.63) is 107 Å². The number of esters is 1. The van der Waals surface area contributed by atoms with E-state index in [1.165, 1.54) is 0 Å². The van der Waals surface area contributed by atoms with Crippen LogP contribution in [0.3, 0.4) is 0 Å². The fraction of sp³-hybridized carbons (Fsp3) is 0.574. The highest BCUT2D eigenvalue weighted by atomic mass is 16.5. The van der Waals surface area contributed by atoms with Crippen molar-refractivity contribution in [2.24, 2.45) is 47.0 Å². The number of carboxylic acid groups (broad SMARTS) is 1. The number of nitrogens with two attached hydrogens (primary N) is 2. The highest BCUT2D eigenvalue weighted by Crippen LogP contribution is 2.18. The molecule has 0 saturated heterocycles.